The van der Waals surface area contributed by atoms with Gasteiger partial charge in [-0.15, -0.1) is 11.3 Å². The summed E-state index contributed by atoms with van der Waals surface area (Å²) in [4.78, 5) is 21.3. The van der Waals surface area contributed by atoms with Gasteiger partial charge in [0.05, 0.1) is 10.7 Å². The van der Waals surface area contributed by atoms with Crippen LogP contribution in [0.25, 0.3) is 0 Å². The molecule has 2 heterocycles. The van der Waals surface area contributed by atoms with E-state index in [0.717, 1.165) is 48.6 Å². The smallest absolute Gasteiger partial charge is 0.274 e. The van der Waals surface area contributed by atoms with Crippen molar-refractivity contribution in [1.82, 2.24) is 24.6 Å². The number of nitrogens with zero attached hydrogens (tertiary/aromatic N) is 5. The number of carbonyl (C=O) groups is 1. The molecular weight excluding hydrogens is 358 g/mol. The second kappa shape index (κ2) is 8.10. The van der Waals surface area contributed by atoms with Crippen LogP contribution < -0.4 is 0 Å². The molecule has 2 aromatic heterocycles. The van der Waals surface area contributed by atoms with Gasteiger partial charge in [0, 0.05) is 49.9 Å². The highest BCUT2D eigenvalue weighted by Gasteiger charge is 2.31. The molecule has 0 saturated heterocycles. The summed E-state index contributed by atoms with van der Waals surface area (Å²) >= 11 is 1.70. The largest absolute Gasteiger partial charge is 0.343 e. The summed E-state index contributed by atoms with van der Waals surface area (Å²) < 4.78 is 2.08. The number of amides is 1. The number of rotatable bonds is 6. The fourth-order valence-electron chi connectivity index (χ4n) is 3.79. The van der Waals surface area contributed by atoms with Gasteiger partial charge in [-0.2, -0.15) is 5.10 Å². The summed E-state index contributed by atoms with van der Waals surface area (Å²) in [6, 6.07) is 0.407. The molecule has 148 valence electrons. The first-order valence-corrected chi connectivity index (χ1v) is 10.6. The number of aromatic nitrogens is 3. The van der Waals surface area contributed by atoms with Gasteiger partial charge in [0.15, 0.2) is 5.69 Å². The molecule has 2 aromatic rings. The molecule has 0 aliphatic heterocycles. The third-order valence-corrected chi connectivity index (χ3v) is 5.99. The first-order valence-electron chi connectivity index (χ1n) is 9.67. The van der Waals surface area contributed by atoms with E-state index in [-0.39, 0.29) is 5.91 Å². The molecule has 7 heteroatoms. The molecular formula is C20H31N5OS. The van der Waals surface area contributed by atoms with E-state index in [2.05, 4.69) is 40.8 Å². The van der Waals surface area contributed by atoms with Crippen LogP contribution in [-0.4, -0.2) is 57.7 Å². The van der Waals surface area contributed by atoms with E-state index in [1.165, 1.54) is 5.69 Å². The van der Waals surface area contributed by atoms with Gasteiger partial charge in [-0.1, -0.05) is 13.8 Å². The molecule has 27 heavy (non-hydrogen) atoms. The minimum absolute atomic E-state index is 0.00665. The van der Waals surface area contributed by atoms with Gasteiger partial charge < -0.3 is 4.90 Å². The van der Waals surface area contributed by atoms with Gasteiger partial charge in [-0.3, -0.25) is 14.4 Å². The Morgan fingerprint density at radius 2 is 2.11 bits per heavy atom. The SMILES string of the molecule is Cc1nc(CN(C)[C@H]2CCc3c(c(C(=O)N(C)C)nn3CC(C)C)C2)cs1. The third-order valence-electron chi connectivity index (χ3n) is 5.17. The number of hydrogen-bond acceptors (Lipinski definition) is 5. The van der Waals surface area contributed by atoms with Crippen molar-refractivity contribution in [2.45, 2.75) is 59.2 Å². The number of carbonyl (C=O) groups excluding carboxylic acids is 1. The Labute approximate surface area is 166 Å². The maximum absolute atomic E-state index is 12.7. The number of hydrogen-bond donors (Lipinski definition) is 0. The standard InChI is InChI=1S/C20H31N5OS/c1-13(2)10-25-18-8-7-16(24(6)11-15-12-27-14(3)21-15)9-17(18)19(22-25)20(26)23(4)5/h12-13,16H,7-11H2,1-6H3/t16-/m0/s1. The number of likely N-dealkylation sites (N-methyl/N-ethyl adjacent to an activating group) is 1. The summed E-state index contributed by atoms with van der Waals surface area (Å²) in [6.45, 7) is 8.14. The van der Waals surface area contributed by atoms with Crippen LogP contribution >= 0.6 is 11.3 Å². The van der Waals surface area contributed by atoms with Crippen molar-refractivity contribution in [3.05, 3.63) is 33.0 Å². The zero-order valence-corrected chi connectivity index (χ0v) is 18.1. The van der Waals surface area contributed by atoms with E-state index in [9.17, 15) is 4.79 Å². The van der Waals surface area contributed by atoms with Gasteiger partial charge in [-0.05, 0) is 39.2 Å². The van der Waals surface area contributed by atoms with Crippen molar-refractivity contribution < 1.29 is 4.79 Å². The van der Waals surface area contributed by atoms with Crippen LogP contribution in [-0.2, 0) is 25.9 Å². The molecule has 3 rings (SSSR count). The molecule has 0 aromatic carbocycles. The van der Waals surface area contributed by atoms with Crippen molar-refractivity contribution in [1.29, 1.82) is 0 Å². The van der Waals surface area contributed by atoms with E-state index in [4.69, 9.17) is 5.10 Å². The summed E-state index contributed by atoms with van der Waals surface area (Å²) in [5.74, 6) is 0.511. The second-order valence-corrected chi connectivity index (χ2v) is 9.28. The fraction of sp³-hybridized carbons (Fsp3) is 0.650. The van der Waals surface area contributed by atoms with E-state index >= 15 is 0 Å². The zero-order chi connectivity index (χ0) is 19.7. The summed E-state index contributed by atoms with van der Waals surface area (Å²) in [7, 11) is 5.76. The van der Waals surface area contributed by atoms with Crippen LogP contribution in [0.3, 0.4) is 0 Å². The normalized spacial score (nSPS) is 16.8. The van der Waals surface area contributed by atoms with Crippen molar-refractivity contribution >= 4 is 17.2 Å². The molecule has 1 aliphatic carbocycles. The molecule has 6 nitrogen and oxygen atoms in total. The lowest BCUT2D eigenvalue weighted by Crippen LogP contribution is -2.37. The van der Waals surface area contributed by atoms with Crippen LogP contribution in [0.15, 0.2) is 5.38 Å². The summed E-state index contributed by atoms with van der Waals surface area (Å²) in [5.41, 5.74) is 4.17. The molecule has 1 atom stereocenters. The monoisotopic (exact) mass is 389 g/mol. The molecule has 0 N–H and O–H groups in total. The van der Waals surface area contributed by atoms with Crippen LogP contribution in [0.1, 0.15) is 52.7 Å². The Kier molecular flexibility index (Phi) is 6.01. The predicted molar refractivity (Wildman–Crippen MR) is 109 cm³/mol. The molecule has 0 fully saturated rings. The van der Waals surface area contributed by atoms with Gasteiger partial charge in [0.2, 0.25) is 0 Å². The van der Waals surface area contributed by atoms with Gasteiger partial charge in [-0.25, -0.2) is 4.98 Å². The number of aryl methyl sites for hydroxylation is 1. The first kappa shape index (κ1) is 20.0. The van der Waals surface area contributed by atoms with Gasteiger partial charge >= 0.3 is 0 Å². The zero-order valence-electron chi connectivity index (χ0n) is 17.3. The topological polar surface area (TPSA) is 54.3 Å². The Morgan fingerprint density at radius 3 is 2.70 bits per heavy atom. The maximum Gasteiger partial charge on any atom is 0.274 e. The second-order valence-electron chi connectivity index (χ2n) is 8.22. The van der Waals surface area contributed by atoms with Gasteiger partial charge in [0.25, 0.3) is 5.91 Å². The Bertz CT molecular complexity index is 807. The molecule has 1 aliphatic rings. The molecule has 0 saturated carbocycles. The lowest BCUT2D eigenvalue weighted by molar-refractivity contribution is 0.0819. The lowest BCUT2D eigenvalue weighted by Gasteiger charge is -2.31. The molecule has 0 radical (unpaired) electrons. The molecule has 1 amide bonds. The van der Waals surface area contributed by atoms with Crippen LogP contribution in [0.5, 0.6) is 0 Å². The Balaban J connectivity index is 1.84. The Morgan fingerprint density at radius 1 is 1.37 bits per heavy atom. The van der Waals surface area contributed by atoms with E-state index in [1.54, 1.807) is 30.3 Å². The highest BCUT2D eigenvalue weighted by molar-refractivity contribution is 7.09. The summed E-state index contributed by atoms with van der Waals surface area (Å²) in [5, 5.41) is 7.98. The van der Waals surface area contributed by atoms with Crippen LogP contribution in [0, 0.1) is 12.8 Å². The van der Waals surface area contributed by atoms with Gasteiger partial charge in [0.1, 0.15) is 0 Å². The quantitative estimate of drug-likeness (QED) is 0.762. The van der Waals surface area contributed by atoms with E-state index < -0.39 is 0 Å². The lowest BCUT2D eigenvalue weighted by atomic mass is 9.90. The average Bonchev–Trinajstić information content (AvgIpc) is 3.17. The van der Waals surface area contributed by atoms with Crippen molar-refractivity contribution in [2.24, 2.45) is 5.92 Å². The van der Waals surface area contributed by atoms with E-state index in [0.29, 0.717) is 17.7 Å². The average molecular weight is 390 g/mol. The molecule has 0 bridgehead atoms. The van der Waals surface area contributed by atoms with Crippen molar-refractivity contribution in [3.63, 3.8) is 0 Å². The third kappa shape index (κ3) is 4.41. The molecule has 0 spiro atoms. The fourth-order valence-corrected chi connectivity index (χ4v) is 4.40. The highest BCUT2D eigenvalue weighted by atomic mass is 32.1. The van der Waals surface area contributed by atoms with E-state index in [1.807, 2.05) is 6.92 Å². The highest BCUT2D eigenvalue weighted by Crippen LogP contribution is 2.29. The van der Waals surface area contributed by atoms with Crippen molar-refractivity contribution in [2.75, 3.05) is 21.1 Å². The first-order chi connectivity index (χ1) is 12.8. The summed E-state index contributed by atoms with van der Waals surface area (Å²) in [6.07, 6.45) is 2.94. The Hall–Kier alpha value is -1.73. The van der Waals surface area contributed by atoms with Crippen LogP contribution in [0.4, 0.5) is 0 Å². The predicted octanol–water partition coefficient (Wildman–Crippen LogP) is 3.00. The number of fused-ring (bicyclic) bond motifs is 1. The van der Waals surface area contributed by atoms with Crippen LogP contribution in [0.2, 0.25) is 0 Å². The minimum Gasteiger partial charge on any atom is -0.343 e. The maximum atomic E-state index is 12.7. The minimum atomic E-state index is 0.00665. The molecule has 0 unspecified atom stereocenters. The number of thiazole rings is 1. The van der Waals surface area contributed by atoms with Crippen molar-refractivity contribution in [3.8, 4) is 0 Å².